The molecule has 0 heterocycles. The van der Waals surface area contributed by atoms with Gasteiger partial charge in [-0.25, -0.2) is 4.39 Å². The number of amides is 2. The van der Waals surface area contributed by atoms with E-state index in [1.165, 1.54) is 43.9 Å². The monoisotopic (exact) mass is 322 g/mol. The molecule has 0 aromatic heterocycles. The first kappa shape index (κ1) is 19.1. The second kappa shape index (κ2) is 11.6. The number of carbonyl (C=O) groups excluding carboxylic acids is 2. The number of unbranched alkanes of at least 4 members (excludes halogenated alkanes) is 6. The average molecular weight is 322 g/mol. The van der Waals surface area contributed by atoms with Crippen LogP contribution in [0.15, 0.2) is 24.3 Å². The van der Waals surface area contributed by atoms with Crippen LogP contribution in [0.5, 0.6) is 0 Å². The minimum Gasteiger partial charge on any atom is -0.347 e. The Labute approximate surface area is 137 Å². The summed E-state index contributed by atoms with van der Waals surface area (Å²) in [5.41, 5.74) is 0.385. The summed E-state index contributed by atoms with van der Waals surface area (Å²) in [6.07, 6.45) is 8.51. The van der Waals surface area contributed by atoms with Crippen LogP contribution in [0.3, 0.4) is 0 Å². The molecule has 1 rings (SSSR count). The lowest BCUT2D eigenvalue weighted by atomic mass is 10.1. The lowest BCUT2D eigenvalue weighted by Crippen LogP contribution is -2.32. The summed E-state index contributed by atoms with van der Waals surface area (Å²) in [6.45, 7) is 2.10. The van der Waals surface area contributed by atoms with E-state index in [2.05, 4.69) is 17.6 Å². The van der Waals surface area contributed by atoms with Gasteiger partial charge < -0.3 is 10.6 Å². The average Bonchev–Trinajstić information content (AvgIpc) is 2.52. The molecule has 0 bridgehead atoms. The highest BCUT2D eigenvalue weighted by Crippen LogP contribution is 2.09. The van der Waals surface area contributed by atoms with Crippen molar-refractivity contribution in [1.29, 1.82) is 0 Å². The molecule has 0 unspecified atom stereocenters. The molecule has 0 saturated carbocycles. The zero-order chi connectivity index (χ0) is 16.9. The van der Waals surface area contributed by atoms with Gasteiger partial charge in [-0.05, 0) is 24.6 Å². The van der Waals surface area contributed by atoms with Crippen molar-refractivity contribution < 1.29 is 14.0 Å². The van der Waals surface area contributed by atoms with Crippen molar-refractivity contribution >= 4 is 17.5 Å². The molecule has 0 aliphatic heterocycles. The lowest BCUT2D eigenvalue weighted by Gasteiger charge is -2.07. The van der Waals surface area contributed by atoms with E-state index in [0.717, 1.165) is 19.3 Å². The van der Waals surface area contributed by atoms with Gasteiger partial charge >= 0.3 is 0 Å². The molecule has 0 saturated heterocycles. The number of anilines is 1. The van der Waals surface area contributed by atoms with Crippen molar-refractivity contribution in [1.82, 2.24) is 5.32 Å². The van der Waals surface area contributed by atoms with Gasteiger partial charge in [-0.1, -0.05) is 51.5 Å². The summed E-state index contributed by atoms with van der Waals surface area (Å²) in [4.78, 5) is 23.3. The van der Waals surface area contributed by atoms with Crippen molar-refractivity contribution in [3.63, 3.8) is 0 Å². The molecule has 2 N–H and O–H groups in total. The van der Waals surface area contributed by atoms with Gasteiger partial charge in [0, 0.05) is 12.1 Å². The van der Waals surface area contributed by atoms with Crippen LogP contribution in [0, 0.1) is 5.82 Å². The zero-order valence-corrected chi connectivity index (χ0v) is 13.9. The summed E-state index contributed by atoms with van der Waals surface area (Å²) < 4.78 is 13.0. The molecule has 0 aliphatic rings. The summed E-state index contributed by atoms with van der Waals surface area (Å²) in [5.74, 6) is -0.887. The Balaban J connectivity index is 2.07. The lowest BCUT2D eigenvalue weighted by molar-refractivity contribution is -0.124. The minimum absolute atomic E-state index is 0.0914. The van der Waals surface area contributed by atoms with E-state index in [4.69, 9.17) is 0 Å². The number of hydrogen-bond acceptors (Lipinski definition) is 2. The van der Waals surface area contributed by atoms with E-state index in [0.29, 0.717) is 12.1 Å². The molecule has 128 valence electrons. The van der Waals surface area contributed by atoms with Crippen LogP contribution in [0.1, 0.15) is 58.3 Å². The van der Waals surface area contributed by atoms with Crippen molar-refractivity contribution in [2.24, 2.45) is 0 Å². The second-order valence-corrected chi connectivity index (χ2v) is 5.71. The molecule has 1 aromatic rings. The third-order valence-corrected chi connectivity index (χ3v) is 3.56. The first-order chi connectivity index (χ1) is 11.1. The van der Waals surface area contributed by atoms with Crippen LogP contribution in [0.4, 0.5) is 10.1 Å². The maximum Gasteiger partial charge on any atom is 0.243 e. The fourth-order valence-electron chi connectivity index (χ4n) is 2.28. The first-order valence-electron chi connectivity index (χ1n) is 8.44. The van der Waals surface area contributed by atoms with E-state index in [1.54, 1.807) is 6.07 Å². The maximum absolute atomic E-state index is 13.0. The molecule has 0 spiro atoms. The molecule has 5 heteroatoms. The quantitative estimate of drug-likeness (QED) is 0.605. The maximum atomic E-state index is 13.0. The van der Waals surface area contributed by atoms with E-state index in [9.17, 15) is 14.0 Å². The summed E-state index contributed by atoms with van der Waals surface area (Å²) in [6, 6.07) is 5.66. The van der Waals surface area contributed by atoms with E-state index >= 15 is 0 Å². The molecule has 4 nitrogen and oxygen atoms in total. The number of hydrogen-bond donors (Lipinski definition) is 2. The molecule has 1 aromatic carbocycles. The van der Waals surface area contributed by atoms with Crippen LogP contribution in [-0.4, -0.2) is 18.4 Å². The van der Waals surface area contributed by atoms with Gasteiger partial charge in [0.15, 0.2) is 0 Å². The van der Waals surface area contributed by atoms with Crippen LogP contribution >= 0.6 is 0 Å². The number of carbonyl (C=O) groups is 2. The Bertz CT molecular complexity index is 492. The smallest absolute Gasteiger partial charge is 0.243 e. The topological polar surface area (TPSA) is 58.2 Å². The normalized spacial score (nSPS) is 10.3. The van der Waals surface area contributed by atoms with Crippen molar-refractivity contribution in [2.75, 3.05) is 11.9 Å². The van der Waals surface area contributed by atoms with Crippen molar-refractivity contribution in [3.05, 3.63) is 30.1 Å². The van der Waals surface area contributed by atoms with Crippen LogP contribution in [0.25, 0.3) is 0 Å². The van der Waals surface area contributed by atoms with Crippen LogP contribution < -0.4 is 10.6 Å². The highest BCUT2D eigenvalue weighted by atomic mass is 19.1. The highest BCUT2D eigenvalue weighted by Gasteiger charge is 2.06. The Morgan fingerprint density at radius 3 is 2.39 bits per heavy atom. The number of rotatable bonds is 11. The van der Waals surface area contributed by atoms with Gasteiger partial charge in [-0.2, -0.15) is 0 Å². The third kappa shape index (κ3) is 9.66. The molecule has 0 fully saturated rings. The Hall–Kier alpha value is -1.91. The third-order valence-electron chi connectivity index (χ3n) is 3.56. The number of benzene rings is 1. The van der Waals surface area contributed by atoms with E-state index in [-0.39, 0.29) is 18.4 Å². The molecule has 2 amide bonds. The predicted octanol–water partition coefficient (Wildman–Crippen LogP) is 4.02. The Morgan fingerprint density at radius 1 is 1.00 bits per heavy atom. The summed E-state index contributed by atoms with van der Waals surface area (Å²) >= 11 is 0. The van der Waals surface area contributed by atoms with Crippen LogP contribution in [-0.2, 0) is 9.59 Å². The Morgan fingerprint density at radius 2 is 1.70 bits per heavy atom. The van der Waals surface area contributed by atoms with Gasteiger partial charge in [0.2, 0.25) is 11.8 Å². The first-order valence-corrected chi connectivity index (χ1v) is 8.44. The summed E-state index contributed by atoms with van der Waals surface area (Å²) in [7, 11) is 0. The van der Waals surface area contributed by atoms with Gasteiger partial charge in [0.25, 0.3) is 0 Å². The second-order valence-electron chi connectivity index (χ2n) is 5.71. The van der Waals surface area contributed by atoms with Crippen molar-refractivity contribution in [3.8, 4) is 0 Å². The van der Waals surface area contributed by atoms with Gasteiger partial charge in [-0.15, -0.1) is 0 Å². The number of nitrogens with one attached hydrogen (secondary N) is 2. The van der Waals surface area contributed by atoms with E-state index in [1.807, 2.05) is 0 Å². The zero-order valence-electron chi connectivity index (χ0n) is 13.9. The van der Waals surface area contributed by atoms with Crippen molar-refractivity contribution in [2.45, 2.75) is 58.3 Å². The SMILES string of the molecule is CCCCCCCCCC(=O)NCC(=O)Nc1cccc(F)c1. The molecular formula is C18H27FN2O2. The largest absolute Gasteiger partial charge is 0.347 e. The molecule has 0 aliphatic carbocycles. The highest BCUT2D eigenvalue weighted by molar-refractivity contribution is 5.94. The van der Waals surface area contributed by atoms with E-state index < -0.39 is 5.82 Å². The number of halogens is 1. The molecule has 0 atom stereocenters. The molecule has 0 radical (unpaired) electrons. The van der Waals surface area contributed by atoms with Gasteiger partial charge in [0.1, 0.15) is 5.82 Å². The van der Waals surface area contributed by atoms with Gasteiger partial charge in [0.05, 0.1) is 6.54 Å². The fourth-order valence-corrected chi connectivity index (χ4v) is 2.28. The predicted molar refractivity (Wildman–Crippen MR) is 90.6 cm³/mol. The molecule has 23 heavy (non-hydrogen) atoms. The standard InChI is InChI=1S/C18H27FN2O2/c1-2-3-4-5-6-7-8-12-17(22)20-14-18(23)21-16-11-9-10-15(19)13-16/h9-11,13H,2-8,12,14H2,1H3,(H,20,22)(H,21,23). The van der Waals surface area contributed by atoms with Crippen LogP contribution in [0.2, 0.25) is 0 Å². The minimum atomic E-state index is -0.411. The molecular weight excluding hydrogens is 295 g/mol. The summed E-state index contributed by atoms with van der Waals surface area (Å²) in [5, 5.41) is 5.12. The fraction of sp³-hybridized carbons (Fsp3) is 0.556. The van der Waals surface area contributed by atoms with Gasteiger partial charge in [-0.3, -0.25) is 9.59 Å². The Kier molecular flexibility index (Phi) is 9.68.